The van der Waals surface area contributed by atoms with E-state index in [1.807, 2.05) is 32.0 Å². The Labute approximate surface area is 120 Å². The maximum atomic E-state index is 11.9. The Kier molecular flexibility index (Phi) is 4.29. The number of aryl methyl sites for hydroxylation is 3. The fourth-order valence-corrected chi connectivity index (χ4v) is 2.49. The number of carbonyl (C=O) groups is 1. The molecule has 1 aromatic heterocycles. The minimum atomic E-state index is -0.475. The highest BCUT2D eigenvalue weighted by atomic mass is 32.2. The van der Waals surface area contributed by atoms with Crippen LogP contribution in [-0.2, 0) is 11.8 Å². The van der Waals surface area contributed by atoms with Crippen LogP contribution in [-0.4, -0.2) is 16.9 Å². The van der Waals surface area contributed by atoms with Crippen LogP contribution in [0.3, 0.4) is 0 Å². The van der Waals surface area contributed by atoms with Gasteiger partial charge in [0, 0.05) is 5.69 Å². The summed E-state index contributed by atoms with van der Waals surface area (Å²) < 4.78 is 6.05. The van der Waals surface area contributed by atoms with Crippen molar-refractivity contribution in [2.24, 2.45) is 7.05 Å². The van der Waals surface area contributed by atoms with Crippen molar-refractivity contribution < 1.29 is 14.0 Å². The summed E-state index contributed by atoms with van der Waals surface area (Å²) in [5.74, 6) is -0.0217. The lowest BCUT2D eigenvalue weighted by Crippen LogP contribution is -2.34. The zero-order valence-corrected chi connectivity index (χ0v) is 12.3. The lowest BCUT2D eigenvalue weighted by atomic mass is 10.1. The number of carbonyl (C=O) groups excluding carboxylic acids is 1. The van der Waals surface area contributed by atoms with Crippen molar-refractivity contribution in [3.63, 3.8) is 0 Å². The largest absolute Gasteiger partial charge is 0.441 e. The first-order valence-electron chi connectivity index (χ1n) is 6.05. The van der Waals surface area contributed by atoms with Crippen molar-refractivity contribution in [2.45, 2.75) is 18.9 Å². The molecule has 6 nitrogen and oxygen atoms in total. The maximum absolute atomic E-state index is 11.9. The number of thioether (sulfide) groups is 1. The molecule has 2 aromatic rings. The number of hydrogen-bond donors (Lipinski definition) is 2. The number of H-pyrrole nitrogens is 1. The minimum absolute atomic E-state index is 0.143. The smallest absolute Gasteiger partial charge is 0.325 e. The SMILES string of the molecule is Cc1ccc(NC(=O)CSc2c(=O)o[nH][n+]2C)c(C)c1. The second-order valence-electron chi connectivity index (χ2n) is 4.50. The zero-order chi connectivity index (χ0) is 14.7. The maximum Gasteiger partial charge on any atom is 0.441 e. The monoisotopic (exact) mass is 294 g/mol. The van der Waals surface area contributed by atoms with Gasteiger partial charge in [-0.2, -0.15) is 0 Å². The zero-order valence-electron chi connectivity index (χ0n) is 11.5. The van der Waals surface area contributed by atoms with Crippen LogP contribution < -0.4 is 15.6 Å². The molecule has 0 spiro atoms. The number of hydrogen-bond acceptors (Lipinski definition) is 4. The Bertz CT molecular complexity index is 690. The van der Waals surface area contributed by atoms with Gasteiger partial charge in [0.25, 0.3) is 0 Å². The van der Waals surface area contributed by atoms with Gasteiger partial charge in [0.2, 0.25) is 5.91 Å². The van der Waals surface area contributed by atoms with Crippen molar-refractivity contribution in [1.29, 1.82) is 0 Å². The highest BCUT2D eigenvalue weighted by Crippen LogP contribution is 2.17. The summed E-state index contributed by atoms with van der Waals surface area (Å²) >= 11 is 1.13. The molecule has 0 aliphatic heterocycles. The van der Waals surface area contributed by atoms with E-state index in [1.165, 1.54) is 4.68 Å². The van der Waals surface area contributed by atoms with Crippen LogP contribution in [0, 0.1) is 13.8 Å². The van der Waals surface area contributed by atoms with Gasteiger partial charge in [-0.05, 0) is 42.5 Å². The third kappa shape index (κ3) is 3.30. The molecule has 20 heavy (non-hydrogen) atoms. The van der Waals surface area contributed by atoms with Crippen molar-refractivity contribution in [3.05, 3.63) is 39.7 Å². The van der Waals surface area contributed by atoms with Gasteiger partial charge in [-0.3, -0.25) is 9.32 Å². The minimum Gasteiger partial charge on any atom is -0.325 e. The first-order valence-corrected chi connectivity index (χ1v) is 7.03. The van der Waals surface area contributed by atoms with Crippen molar-refractivity contribution >= 4 is 23.4 Å². The quantitative estimate of drug-likeness (QED) is 0.654. The third-order valence-electron chi connectivity index (χ3n) is 2.75. The molecule has 1 heterocycles. The topological polar surface area (TPSA) is 79.0 Å². The van der Waals surface area contributed by atoms with Crippen LogP contribution in [0.5, 0.6) is 0 Å². The molecule has 7 heteroatoms. The molecule has 0 saturated heterocycles. The average Bonchev–Trinajstić information content (AvgIpc) is 2.70. The summed E-state index contributed by atoms with van der Waals surface area (Å²) in [7, 11) is 1.65. The van der Waals surface area contributed by atoms with Crippen LogP contribution in [0.25, 0.3) is 0 Å². The summed E-state index contributed by atoms with van der Waals surface area (Å²) in [5, 5.41) is 5.59. The molecule has 0 aliphatic carbocycles. The number of nitrogens with one attached hydrogen (secondary N) is 2. The van der Waals surface area contributed by atoms with Gasteiger partial charge in [-0.1, -0.05) is 22.4 Å². The fraction of sp³-hybridized carbons (Fsp3) is 0.308. The molecular weight excluding hydrogens is 278 g/mol. The summed E-state index contributed by atoms with van der Waals surface area (Å²) in [6.45, 7) is 3.94. The van der Waals surface area contributed by atoms with Crippen molar-refractivity contribution in [1.82, 2.24) is 5.27 Å². The Morgan fingerprint density at radius 1 is 1.45 bits per heavy atom. The van der Waals surface area contributed by atoms with Crippen LogP contribution in [0.15, 0.2) is 32.5 Å². The van der Waals surface area contributed by atoms with Gasteiger partial charge in [-0.25, -0.2) is 4.79 Å². The summed E-state index contributed by atoms with van der Waals surface area (Å²) in [6.07, 6.45) is 0. The van der Waals surface area contributed by atoms with E-state index < -0.39 is 5.63 Å². The van der Waals surface area contributed by atoms with E-state index in [-0.39, 0.29) is 11.7 Å². The number of anilines is 1. The molecule has 2 N–H and O–H groups in total. The molecule has 0 aliphatic rings. The summed E-state index contributed by atoms with van der Waals surface area (Å²) in [5.41, 5.74) is 2.46. The van der Waals surface area contributed by atoms with Gasteiger partial charge in [0.05, 0.1) is 5.75 Å². The number of rotatable bonds is 4. The van der Waals surface area contributed by atoms with E-state index in [4.69, 9.17) is 0 Å². The summed E-state index contributed by atoms with van der Waals surface area (Å²) in [6, 6.07) is 5.82. The molecule has 0 fully saturated rings. The van der Waals surface area contributed by atoms with Crippen LogP contribution in [0.1, 0.15) is 11.1 Å². The first kappa shape index (κ1) is 14.4. The predicted octanol–water partition coefficient (Wildman–Crippen LogP) is 1.14. The van der Waals surface area contributed by atoms with Crippen molar-refractivity contribution in [2.75, 3.05) is 11.1 Å². The second-order valence-corrected chi connectivity index (χ2v) is 5.46. The van der Waals surface area contributed by atoms with E-state index in [0.29, 0.717) is 5.03 Å². The first-order chi connectivity index (χ1) is 9.47. The van der Waals surface area contributed by atoms with Crippen LogP contribution >= 0.6 is 11.8 Å². The average molecular weight is 294 g/mol. The molecule has 106 valence electrons. The lowest BCUT2D eigenvalue weighted by Gasteiger charge is -2.08. The molecular formula is C13H16N3O3S+. The highest BCUT2D eigenvalue weighted by molar-refractivity contribution is 7.99. The van der Waals surface area contributed by atoms with Gasteiger partial charge in [-0.15, -0.1) is 0 Å². The Hall–Kier alpha value is -2.02. The molecule has 0 bridgehead atoms. The van der Waals surface area contributed by atoms with E-state index >= 15 is 0 Å². The molecule has 2 rings (SSSR count). The van der Waals surface area contributed by atoms with E-state index in [1.54, 1.807) is 7.05 Å². The van der Waals surface area contributed by atoms with Gasteiger partial charge >= 0.3 is 10.7 Å². The van der Waals surface area contributed by atoms with Gasteiger partial charge in [0.15, 0.2) is 7.05 Å². The standard InChI is InChI=1S/C13H15N3O3S/c1-8-4-5-10(9(2)6-8)14-11(17)7-20-12-13(18)19-15-16(12)3/h4-6H,7H2,1-3H3,(H-,14,15,17,18)/p+1. The molecule has 0 saturated carbocycles. The summed E-state index contributed by atoms with van der Waals surface area (Å²) in [4.78, 5) is 23.2. The Morgan fingerprint density at radius 3 is 2.80 bits per heavy atom. The van der Waals surface area contributed by atoms with Crippen LogP contribution in [0.4, 0.5) is 5.69 Å². The molecule has 1 aromatic carbocycles. The number of nitrogens with zero attached hydrogens (tertiary/aromatic N) is 1. The fourth-order valence-electron chi connectivity index (χ4n) is 1.76. The second kappa shape index (κ2) is 5.96. The number of aromatic nitrogens is 2. The predicted molar refractivity (Wildman–Crippen MR) is 75.8 cm³/mol. The lowest BCUT2D eigenvalue weighted by molar-refractivity contribution is -0.772. The molecule has 0 atom stereocenters. The molecule has 0 radical (unpaired) electrons. The van der Waals surface area contributed by atoms with Gasteiger partial charge in [0.1, 0.15) is 0 Å². The van der Waals surface area contributed by atoms with E-state index in [0.717, 1.165) is 28.6 Å². The number of benzene rings is 1. The third-order valence-corrected chi connectivity index (χ3v) is 3.87. The number of aromatic amines is 1. The van der Waals surface area contributed by atoms with Gasteiger partial charge < -0.3 is 5.32 Å². The molecule has 0 unspecified atom stereocenters. The molecule has 1 amide bonds. The highest BCUT2D eigenvalue weighted by Gasteiger charge is 2.19. The number of amides is 1. The van der Waals surface area contributed by atoms with E-state index in [2.05, 4.69) is 15.1 Å². The normalized spacial score (nSPS) is 10.6. The Morgan fingerprint density at radius 2 is 2.20 bits per heavy atom. The van der Waals surface area contributed by atoms with Crippen molar-refractivity contribution in [3.8, 4) is 0 Å². The van der Waals surface area contributed by atoms with Crippen LogP contribution in [0.2, 0.25) is 0 Å². The Balaban J connectivity index is 1.98. The van der Waals surface area contributed by atoms with E-state index in [9.17, 15) is 9.59 Å².